The molecule has 1 aliphatic rings. The van der Waals surface area contributed by atoms with Crippen molar-refractivity contribution in [2.75, 3.05) is 31.6 Å². The molecule has 116 valence electrons. The number of para-hydroxylation sites is 2. The van der Waals surface area contributed by atoms with Crippen LogP contribution in [0, 0.1) is 0 Å². The Kier molecular flexibility index (Phi) is 5.59. The first-order valence-electron chi connectivity index (χ1n) is 7.48. The Labute approximate surface area is 126 Å². The first kappa shape index (κ1) is 15.8. The van der Waals surface area contributed by atoms with Crippen LogP contribution in [0.15, 0.2) is 24.3 Å². The number of morpholine rings is 1. The van der Waals surface area contributed by atoms with Gasteiger partial charge in [0.1, 0.15) is 5.75 Å². The van der Waals surface area contributed by atoms with Crippen LogP contribution in [0.5, 0.6) is 5.75 Å². The summed E-state index contributed by atoms with van der Waals surface area (Å²) in [6.07, 6.45) is 0.328. The molecule has 0 bridgehead atoms. The van der Waals surface area contributed by atoms with E-state index in [1.54, 1.807) is 0 Å². The van der Waals surface area contributed by atoms with Gasteiger partial charge in [0.2, 0.25) is 5.91 Å². The predicted molar refractivity (Wildman–Crippen MR) is 82.7 cm³/mol. The third-order valence-electron chi connectivity index (χ3n) is 3.32. The summed E-state index contributed by atoms with van der Waals surface area (Å²) in [5, 5.41) is 2.93. The van der Waals surface area contributed by atoms with Crippen LogP contribution in [-0.2, 0) is 9.53 Å². The second-order valence-electron chi connectivity index (χ2n) is 5.43. The number of rotatable bonds is 5. The Hall–Kier alpha value is -1.59. The zero-order chi connectivity index (χ0) is 15.2. The van der Waals surface area contributed by atoms with E-state index in [0.717, 1.165) is 18.8 Å². The average molecular weight is 292 g/mol. The summed E-state index contributed by atoms with van der Waals surface area (Å²) < 4.78 is 11.2. The van der Waals surface area contributed by atoms with Gasteiger partial charge in [0, 0.05) is 13.1 Å². The summed E-state index contributed by atoms with van der Waals surface area (Å²) in [5.74, 6) is 0.681. The van der Waals surface area contributed by atoms with Crippen molar-refractivity contribution in [1.29, 1.82) is 0 Å². The molecule has 0 aliphatic carbocycles. The standard InChI is InChI=1S/C16H24N2O3/c1-4-20-15-8-6-5-7-14(15)17-16(19)11-18-9-12(2)21-13(3)10-18/h5-8,12-13H,4,9-11H2,1-3H3,(H,17,19)/t12-,13+. The van der Waals surface area contributed by atoms with Crippen molar-refractivity contribution >= 4 is 11.6 Å². The molecule has 1 aromatic carbocycles. The van der Waals surface area contributed by atoms with E-state index in [9.17, 15) is 4.79 Å². The Balaban J connectivity index is 1.92. The number of hydrogen-bond acceptors (Lipinski definition) is 4. The molecular formula is C16H24N2O3. The van der Waals surface area contributed by atoms with Crippen LogP contribution in [0.3, 0.4) is 0 Å². The molecule has 2 atom stereocenters. The lowest BCUT2D eigenvalue weighted by Crippen LogP contribution is -2.48. The number of carbonyl (C=O) groups excluding carboxylic acids is 1. The maximum atomic E-state index is 12.2. The van der Waals surface area contributed by atoms with Crippen LogP contribution in [0.25, 0.3) is 0 Å². The van der Waals surface area contributed by atoms with Gasteiger partial charge in [-0.1, -0.05) is 12.1 Å². The minimum atomic E-state index is -0.0246. The fourth-order valence-electron chi connectivity index (χ4n) is 2.66. The van der Waals surface area contributed by atoms with E-state index in [-0.39, 0.29) is 18.1 Å². The lowest BCUT2D eigenvalue weighted by atomic mass is 10.2. The summed E-state index contributed by atoms with van der Waals surface area (Å²) in [7, 11) is 0. The molecule has 1 amide bonds. The number of hydrogen-bond donors (Lipinski definition) is 1. The van der Waals surface area contributed by atoms with Gasteiger partial charge in [0.05, 0.1) is 31.0 Å². The van der Waals surface area contributed by atoms with Gasteiger partial charge in [-0.15, -0.1) is 0 Å². The first-order chi connectivity index (χ1) is 10.1. The SMILES string of the molecule is CCOc1ccccc1NC(=O)CN1C[C@@H](C)O[C@@H](C)C1. The third kappa shape index (κ3) is 4.72. The fourth-order valence-corrected chi connectivity index (χ4v) is 2.66. The van der Waals surface area contributed by atoms with Crippen molar-refractivity contribution in [3.05, 3.63) is 24.3 Å². The molecule has 1 fully saturated rings. The monoisotopic (exact) mass is 292 g/mol. The highest BCUT2D eigenvalue weighted by Gasteiger charge is 2.23. The molecule has 0 radical (unpaired) electrons. The summed E-state index contributed by atoms with van der Waals surface area (Å²) in [6.45, 7) is 8.50. The largest absolute Gasteiger partial charge is 0.492 e. The van der Waals surface area contributed by atoms with Crippen LogP contribution < -0.4 is 10.1 Å². The van der Waals surface area contributed by atoms with Gasteiger partial charge in [0.15, 0.2) is 0 Å². The number of amides is 1. The number of benzene rings is 1. The van der Waals surface area contributed by atoms with Crippen LogP contribution in [0.4, 0.5) is 5.69 Å². The average Bonchev–Trinajstić information content (AvgIpc) is 2.40. The molecule has 0 aromatic heterocycles. The van der Waals surface area contributed by atoms with Crippen LogP contribution in [-0.4, -0.2) is 49.3 Å². The van der Waals surface area contributed by atoms with Gasteiger partial charge in [-0.25, -0.2) is 0 Å². The molecule has 2 rings (SSSR count). The molecule has 1 heterocycles. The molecule has 0 saturated carbocycles. The van der Waals surface area contributed by atoms with Crippen molar-refractivity contribution in [2.24, 2.45) is 0 Å². The van der Waals surface area contributed by atoms with Gasteiger partial charge >= 0.3 is 0 Å². The molecule has 5 nitrogen and oxygen atoms in total. The minimum Gasteiger partial charge on any atom is -0.492 e. The number of ether oxygens (including phenoxy) is 2. The van der Waals surface area contributed by atoms with Crippen molar-refractivity contribution in [2.45, 2.75) is 33.0 Å². The Morgan fingerprint density at radius 1 is 1.33 bits per heavy atom. The van der Waals surface area contributed by atoms with E-state index in [1.807, 2.05) is 45.0 Å². The lowest BCUT2D eigenvalue weighted by molar-refractivity contribution is -0.121. The van der Waals surface area contributed by atoms with E-state index in [4.69, 9.17) is 9.47 Å². The predicted octanol–water partition coefficient (Wildman–Crippen LogP) is 2.13. The summed E-state index contributed by atoms with van der Waals surface area (Å²) >= 11 is 0. The lowest BCUT2D eigenvalue weighted by Gasteiger charge is -2.34. The highest BCUT2D eigenvalue weighted by molar-refractivity contribution is 5.93. The van der Waals surface area contributed by atoms with Gasteiger partial charge in [-0.2, -0.15) is 0 Å². The summed E-state index contributed by atoms with van der Waals surface area (Å²) in [4.78, 5) is 14.3. The molecule has 0 unspecified atom stereocenters. The molecule has 1 N–H and O–H groups in total. The molecule has 5 heteroatoms. The Morgan fingerprint density at radius 2 is 2.00 bits per heavy atom. The zero-order valence-electron chi connectivity index (χ0n) is 13.0. The molecule has 0 spiro atoms. The summed E-state index contributed by atoms with van der Waals surface area (Å²) in [6, 6.07) is 7.49. The molecular weight excluding hydrogens is 268 g/mol. The van der Waals surface area contributed by atoms with Crippen molar-refractivity contribution < 1.29 is 14.3 Å². The van der Waals surface area contributed by atoms with Gasteiger partial charge in [0.25, 0.3) is 0 Å². The normalized spacial score (nSPS) is 22.8. The fraction of sp³-hybridized carbons (Fsp3) is 0.562. The van der Waals surface area contributed by atoms with Gasteiger partial charge in [-0.05, 0) is 32.9 Å². The topological polar surface area (TPSA) is 50.8 Å². The third-order valence-corrected chi connectivity index (χ3v) is 3.32. The second-order valence-corrected chi connectivity index (χ2v) is 5.43. The molecule has 1 saturated heterocycles. The number of carbonyl (C=O) groups is 1. The van der Waals surface area contributed by atoms with Crippen molar-refractivity contribution in [3.63, 3.8) is 0 Å². The van der Waals surface area contributed by atoms with Crippen molar-refractivity contribution in [3.8, 4) is 5.75 Å². The number of nitrogens with one attached hydrogen (secondary N) is 1. The maximum Gasteiger partial charge on any atom is 0.238 e. The zero-order valence-corrected chi connectivity index (χ0v) is 13.0. The second kappa shape index (κ2) is 7.43. The van der Waals surface area contributed by atoms with E-state index in [2.05, 4.69) is 10.2 Å². The first-order valence-corrected chi connectivity index (χ1v) is 7.48. The Morgan fingerprint density at radius 3 is 2.67 bits per heavy atom. The molecule has 1 aromatic rings. The number of anilines is 1. The highest BCUT2D eigenvalue weighted by Crippen LogP contribution is 2.23. The van der Waals surface area contributed by atoms with E-state index in [0.29, 0.717) is 18.9 Å². The Bertz CT molecular complexity index is 468. The molecule has 21 heavy (non-hydrogen) atoms. The van der Waals surface area contributed by atoms with E-state index >= 15 is 0 Å². The van der Waals surface area contributed by atoms with Crippen LogP contribution >= 0.6 is 0 Å². The van der Waals surface area contributed by atoms with Crippen LogP contribution in [0.2, 0.25) is 0 Å². The summed E-state index contributed by atoms with van der Waals surface area (Å²) in [5.41, 5.74) is 0.721. The molecule has 1 aliphatic heterocycles. The smallest absolute Gasteiger partial charge is 0.238 e. The van der Waals surface area contributed by atoms with E-state index in [1.165, 1.54) is 0 Å². The van der Waals surface area contributed by atoms with Crippen LogP contribution in [0.1, 0.15) is 20.8 Å². The number of nitrogens with zero attached hydrogens (tertiary/aromatic N) is 1. The maximum absolute atomic E-state index is 12.2. The van der Waals surface area contributed by atoms with E-state index < -0.39 is 0 Å². The van der Waals surface area contributed by atoms with Gasteiger partial charge in [-0.3, -0.25) is 9.69 Å². The highest BCUT2D eigenvalue weighted by atomic mass is 16.5. The minimum absolute atomic E-state index is 0.0246. The van der Waals surface area contributed by atoms with Crippen molar-refractivity contribution in [1.82, 2.24) is 4.90 Å². The van der Waals surface area contributed by atoms with Gasteiger partial charge < -0.3 is 14.8 Å². The quantitative estimate of drug-likeness (QED) is 0.903.